The molecule has 0 heterocycles. The van der Waals surface area contributed by atoms with Gasteiger partial charge in [-0.1, -0.05) is 97.3 Å². The quantitative estimate of drug-likeness (QED) is 0.289. The fraction of sp³-hybridized carbons (Fsp3) is 0.963. The minimum absolute atomic E-state index is 0.0417. The van der Waals surface area contributed by atoms with Crippen LogP contribution < -0.4 is 0 Å². The lowest BCUT2D eigenvalue weighted by atomic mass is 9.63. The van der Waals surface area contributed by atoms with Crippen molar-refractivity contribution in [2.24, 2.45) is 23.2 Å². The van der Waals surface area contributed by atoms with Crippen molar-refractivity contribution in [1.29, 1.82) is 5.26 Å². The van der Waals surface area contributed by atoms with E-state index < -0.39 is 0 Å². The largest absolute Gasteiger partial charge is 0.198 e. The van der Waals surface area contributed by atoms with Crippen LogP contribution in [0.25, 0.3) is 0 Å². The number of nitriles is 1. The smallest absolute Gasteiger partial charge is 0.0689 e. The molecule has 0 aromatic rings. The number of rotatable bonds is 13. The van der Waals surface area contributed by atoms with Crippen LogP contribution in [0.15, 0.2) is 0 Å². The van der Waals surface area contributed by atoms with Gasteiger partial charge in [0.1, 0.15) is 0 Å². The Hall–Kier alpha value is -0.510. The van der Waals surface area contributed by atoms with E-state index in [-0.39, 0.29) is 5.41 Å². The molecule has 0 bridgehead atoms. The SMILES string of the molecule is CCCCCCCCCC1CCC(C2CCC(C#N)(CCCCC)CC2)CC1. The number of unbranched alkanes of at least 4 members (excludes halogenated alkanes) is 8. The van der Waals surface area contributed by atoms with E-state index in [1.165, 1.54) is 122 Å². The van der Waals surface area contributed by atoms with E-state index in [1.807, 2.05) is 0 Å². The third-order valence-corrected chi connectivity index (χ3v) is 8.26. The molecule has 0 aliphatic heterocycles. The summed E-state index contributed by atoms with van der Waals surface area (Å²) >= 11 is 0. The third kappa shape index (κ3) is 8.08. The van der Waals surface area contributed by atoms with E-state index in [0.29, 0.717) is 0 Å². The fourth-order valence-electron chi connectivity index (χ4n) is 6.13. The maximum absolute atomic E-state index is 9.79. The zero-order chi connectivity index (χ0) is 20.1. The molecular weight excluding hydrogens is 338 g/mol. The van der Waals surface area contributed by atoms with Crippen LogP contribution in [0.5, 0.6) is 0 Å². The monoisotopic (exact) mass is 387 g/mol. The zero-order valence-corrected chi connectivity index (χ0v) is 19.3. The second kappa shape index (κ2) is 13.7. The maximum atomic E-state index is 9.79. The third-order valence-electron chi connectivity index (χ3n) is 8.26. The Morgan fingerprint density at radius 3 is 1.82 bits per heavy atom. The first-order chi connectivity index (χ1) is 13.7. The van der Waals surface area contributed by atoms with Crippen LogP contribution in [0.2, 0.25) is 0 Å². The molecule has 0 radical (unpaired) electrons. The van der Waals surface area contributed by atoms with Crippen molar-refractivity contribution in [2.45, 2.75) is 142 Å². The van der Waals surface area contributed by atoms with Crippen LogP contribution in [-0.2, 0) is 0 Å². The molecule has 162 valence electrons. The van der Waals surface area contributed by atoms with Gasteiger partial charge in [0.15, 0.2) is 0 Å². The van der Waals surface area contributed by atoms with Crippen molar-refractivity contribution in [1.82, 2.24) is 0 Å². The molecule has 0 aromatic heterocycles. The maximum Gasteiger partial charge on any atom is 0.0689 e. The van der Waals surface area contributed by atoms with Crippen molar-refractivity contribution >= 4 is 0 Å². The van der Waals surface area contributed by atoms with Crippen LogP contribution in [0.1, 0.15) is 142 Å². The summed E-state index contributed by atoms with van der Waals surface area (Å²) in [5.74, 6) is 2.95. The summed E-state index contributed by atoms with van der Waals surface area (Å²) in [6.45, 7) is 4.57. The van der Waals surface area contributed by atoms with Crippen molar-refractivity contribution in [3.05, 3.63) is 0 Å². The van der Waals surface area contributed by atoms with E-state index in [4.69, 9.17) is 0 Å². The number of hydrogen-bond acceptors (Lipinski definition) is 1. The average Bonchev–Trinajstić information content (AvgIpc) is 2.74. The molecule has 28 heavy (non-hydrogen) atoms. The predicted molar refractivity (Wildman–Crippen MR) is 122 cm³/mol. The number of hydrogen-bond donors (Lipinski definition) is 0. The summed E-state index contributed by atoms with van der Waals surface area (Å²) in [6, 6.07) is 2.75. The summed E-state index contributed by atoms with van der Waals surface area (Å²) in [5, 5.41) is 9.79. The van der Waals surface area contributed by atoms with Crippen LogP contribution in [-0.4, -0.2) is 0 Å². The van der Waals surface area contributed by atoms with Gasteiger partial charge in [0.05, 0.1) is 11.5 Å². The predicted octanol–water partition coefficient (Wildman–Crippen LogP) is 9.21. The Morgan fingerprint density at radius 2 is 1.21 bits per heavy atom. The normalized spacial score (nSPS) is 30.8. The van der Waals surface area contributed by atoms with Crippen molar-refractivity contribution in [3.8, 4) is 6.07 Å². The highest BCUT2D eigenvalue weighted by molar-refractivity contribution is 5.02. The summed E-state index contributed by atoms with van der Waals surface area (Å²) in [4.78, 5) is 0. The van der Waals surface area contributed by atoms with E-state index in [0.717, 1.165) is 24.2 Å². The van der Waals surface area contributed by atoms with Gasteiger partial charge < -0.3 is 0 Å². The van der Waals surface area contributed by atoms with Gasteiger partial charge in [0.25, 0.3) is 0 Å². The second-order valence-corrected chi connectivity index (χ2v) is 10.4. The van der Waals surface area contributed by atoms with Crippen LogP contribution in [0, 0.1) is 34.5 Å². The minimum Gasteiger partial charge on any atom is -0.198 e. The van der Waals surface area contributed by atoms with Crippen LogP contribution >= 0.6 is 0 Å². The Labute approximate surface area is 177 Å². The van der Waals surface area contributed by atoms with Gasteiger partial charge in [-0.05, 0) is 62.7 Å². The topological polar surface area (TPSA) is 23.8 Å². The summed E-state index contributed by atoms with van der Waals surface area (Å²) in [7, 11) is 0. The van der Waals surface area contributed by atoms with E-state index in [1.54, 1.807) is 0 Å². The Kier molecular flexibility index (Phi) is 11.6. The first-order valence-electron chi connectivity index (χ1n) is 13.1. The summed E-state index contributed by atoms with van der Waals surface area (Å²) in [5.41, 5.74) is 0.0417. The van der Waals surface area contributed by atoms with Gasteiger partial charge in [-0.3, -0.25) is 0 Å². The van der Waals surface area contributed by atoms with E-state index >= 15 is 0 Å². The fourth-order valence-corrected chi connectivity index (χ4v) is 6.13. The molecule has 2 rings (SSSR count). The van der Waals surface area contributed by atoms with E-state index in [2.05, 4.69) is 19.9 Å². The lowest BCUT2D eigenvalue weighted by Crippen LogP contribution is -2.31. The van der Waals surface area contributed by atoms with Gasteiger partial charge >= 0.3 is 0 Å². The second-order valence-electron chi connectivity index (χ2n) is 10.4. The molecule has 0 unspecified atom stereocenters. The zero-order valence-electron chi connectivity index (χ0n) is 19.3. The molecule has 1 heteroatoms. The molecule has 2 aliphatic carbocycles. The van der Waals surface area contributed by atoms with Gasteiger partial charge in [-0.15, -0.1) is 0 Å². The lowest BCUT2D eigenvalue weighted by Gasteiger charge is -2.41. The molecule has 0 N–H and O–H groups in total. The minimum atomic E-state index is 0.0417. The first-order valence-corrected chi connectivity index (χ1v) is 13.1. The summed E-state index contributed by atoms with van der Waals surface area (Å²) < 4.78 is 0. The van der Waals surface area contributed by atoms with E-state index in [9.17, 15) is 5.26 Å². The molecule has 2 aliphatic rings. The van der Waals surface area contributed by atoms with Gasteiger partial charge in [-0.2, -0.15) is 5.26 Å². The molecule has 0 aromatic carbocycles. The first kappa shape index (κ1) is 23.8. The number of nitrogens with zero attached hydrogens (tertiary/aromatic N) is 1. The lowest BCUT2D eigenvalue weighted by molar-refractivity contribution is 0.114. The van der Waals surface area contributed by atoms with Gasteiger partial charge in [0.2, 0.25) is 0 Å². The highest BCUT2D eigenvalue weighted by Crippen LogP contribution is 2.47. The summed E-state index contributed by atoms with van der Waals surface area (Å²) in [6.07, 6.45) is 27.7. The molecule has 0 amide bonds. The Balaban J connectivity index is 1.58. The molecule has 2 saturated carbocycles. The molecule has 0 saturated heterocycles. The molecule has 2 fully saturated rings. The van der Waals surface area contributed by atoms with Crippen molar-refractivity contribution in [2.75, 3.05) is 0 Å². The molecule has 0 atom stereocenters. The van der Waals surface area contributed by atoms with Crippen LogP contribution in [0.4, 0.5) is 0 Å². The van der Waals surface area contributed by atoms with Crippen LogP contribution in [0.3, 0.4) is 0 Å². The van der Waals surface area contributed by atoms with Crippen molar-refractivity contribution in [3.63, 3.8) is 0 Å². The average molecular weight is 388 g/mol. The Morgan fingerprint density at radius 1 is 0.679 bits per heavy atom. The van der Waals surface area contributed by atoms with Crippen molar-refractivity contribution < 1.29 is 0 Å². The van der Waals surface area contributed by atoms with Gasteiger partial charge in [-0.25, -0.2) is 0 Å². The molecular formula is C27H49N. The highest BCUT2D eigenvalue weighted by Gasteiger charge is 2.38. The Bertz CT molecular complexity index is 418. The highest BCUT2D eigenvalue weighted by atomic mass is 14.4. The van der Waals surface area contributed by atoms with Gasteiger partial charge in [0, 0.05) is 0 Å². The standard InChI is InChI=1S/C27H49N/c1-3-5-7-8-9-10-11-13-24-14-16-25(17-15-24)26-18-21-27(23-28,22-19-26)20-12-6-4-2/h24-26H,3-22H2,1-2H3. The molecule has 0 spiro atoms. The molecule has 1 nitrogen and oxygen atoms in total.